The Labute approximate surface area is 113 Å². The molecule has 0 atom stereocenters. The predicted molar refractivity (Wildman–Crippen MR) is 81.3 cm³/mol. The number of hydrogen-bond acceptors (Lipinski definition) is 2. The lowest BCUT2D eigenvalue weighted by atomic mass is 10.0. The lowest BCUT2D eigenvalue weighted by Gasteiger charge is -2.09. The molecule has 0 unspecified atom stereocenters. The third kappa shape index (κ3) is 2.29. The molecule has 0 spiro atoms. The van der Waals surface area contributed by atoms with E-state index in [0.717, 1.165) is 17.7 Å². The SMILES string of the molecule is CCNc1ccnc2ccc(-c3ccccc3)cc12. The molecule has 1 heterocycles. The molecule has 19 heavy (non-hydrogen) atoms. The lowest BCUT2D eigenvalue weighted by molar-refractivity contribution is 1.21. The minimum absolute atomic E-state index is 0.911. The molecule has 0 amide bonds. The number of nitrogens with zero attached hydrogens (tertiary/aromatic N) is 1. The number of fused-ring (bicyclic) bond motifs is 1. The Bertz CT molecular complexity index is 690. The van der Waals surface area contributed by atoms with Crippen LogP contribution in [0.25, 0.3) is 22.0 Å². The fraction of sp³-hybridized carbons (Fsp3) is 0.118. The maximum atomic E-state index is 4.42. The molecule has 3 rings (SSSR count). The Balaban J connectivity index is 2.16. The van der Waals surface area contributed by atoms with Gasteiger partial charge in [-0.15, -0.1) is 0 Å². The van der Waals surface area contributed by atoms with Crippen LogP contribution in [0.2, 0.25) is 0 Å². The zero-order chi connectivity index (χ0) is 13.1. The van der Waals surface area contributed by atoms with Crippen molar-refractivity contribution >= 4 is 16.6 Å². The number of pyridine rings is 1. The molecule has 3 aromatic rings. The Morgan fingerprint density at radius 3 is 2.58 bits per heavy atom. The van der Waals surface area contributed by atoms with Gasteiger partial charge in [-0.2, -0.15) is 0 Å². The van der Waals surface area contributed by atoms with Crippen molar-refractivity contribution in [2.45, 2.75) is 6.92 Å². The smallest absolute Gasteiger partial charge is 0.0723 e. The molecule has 94 valence electrons. The summed E-state index contributed by atoms with van der Waals surface area (Å²) in [6.07, 6.45) is 1.85. The van der Waals surface area contributed by atoms with Gasteiger partial charge in [-0.1, -0.05) is 36.4 Å². The molecule has 1 N–H and O–H groups in total. The van der Waals surface area contributed by atoms with E-state index in [2.05, 4.69) is 59.7 Å². The molecule has 0 aliphatic heterocycles. The normalized spacial score (nSPS) is 10.6. The summed E-state index contributed by atoms with van der Waals surface area (Å²) in [7, 11) is 0. The van der Waals surface area contributed by atoms with Crippen molar-refractivity contribution in [3.05, 3.63) is 60.8 Å². The van der Waals surface area contributed by atoms with Crippen molar-refractivity contribution < 1.29 is 0 Å². The zero-order valence-corrected chi connectivity index (χ0v) is 10.9. The number of benzene rings is 2. The van der Waals surface area contributed by atoms with Gasteiger partial charge in [0.05, 0.1) is 5.52 Å². The summed E-state index contributed by atoms with van der Waals surface area (Å²) in [4.78, 5) is 4.42. The van der Waals surface area contributed by atoms with Crippen molar-refractivity contribution in [1.29, 1.82) is 0 Å². The van der Waals surface area contributed by atoms with Crippen molar-refractivity contribution in [1.82, 2.24) is 4.98 Å². The van der Waals surface area contributed by atoms with E-state index < -0.39 is 0 Å². The summed E-state index contributed by atoms with van der Waals surface area (Å²) in [5, 5.41) is 4.56. The monoisotopic (exact) mass is 248 g/mol. The average Bonchev–Trinajstić information content (AvgIpc) is 2.48. The number of aromatic nitrogens is 1. The zero-order valence-electron chi connectivity index (χ0n) is 10.9. The number of anilines is 1. The second-order valence-electron chi connectivity index (χ2n) is 4.49. The topological polar surface area (TPSA) is 24.9 Å². The standard InChI is InChI=1S/C17H16N2/c1-2-18-17-10-11-19-16-9-8-14(12-15(16)17)13-6-4-3-5-7-13/h3-12H,2H2,1H3,(H,18,19). The largest absolute Gasteiger partial charge is 0.385 e. The maximum absolute atomic E-state index is 4.42. The molecule has 0 aliphatic carbocycles. The summed E-state index contributed by atoms with van der Waals surface area (Å²) in [5.41, 5.74) is 4.62. The van der Waals surface area contributed by atoms with Crippen molar-refractivity contribution in [2.24, 2.45) is 0 Å². The predicted octanol–water partition coefficient (Wildman–Crippen LogP) is 4.33. The summed E-state index contributed by atoms with van der Waals surface area (Å²) >= 11 is 0. The van der Waals surface area contributed by atoms with Crippen molar-refractivity contribution in [3.63, 3.8) is 0 Å². The van der Waals surface area contributed by atoms with Crippen LogP contribution in [-0.4, -0.2) is 11.5 Å². The Hall–Kier alpha value is -2.35. The van der Waals surface area contributed by atoms with Crippen LogP contribution >= 0.6 is 0 Å². The van der Waals surface area contributed by atoms with Gasteiger partial charge in [-0.25, -0.2) is 0 Å². The van der Waals surface area contributed by atoms with Crippen molar-refractivity contribution in [2.75, 3.05) is 11.9 Å². The summed E-state index contributed by atoms with van der Waals surface area (Å²) < 4.78 is 0. The molecule has 0 fully saturated rings. The van der Waals surface area contributed by atoms with Crippen LogP contribution in [0.4, 0.5) is 5.69 Å². The molecule has 2 heteroatoms. The minimum Gasteiger partial charge on any atom is -0.385 e. The Kier molecular flexibility index (Phi) is 3.15. The first-order valence-corrected chi connectivity index (χ1v) is 6.56. The molecule has 0 radical (unpaired) electrons. The molecule has 2 aromatic carbocycles. The average molecular weight is 248 g/mol. The van der Waals surface area contributed by atoms with E-state index in [1.54, 1.807) is 0 Å². The third-order valence-electron chi connectivity index (χ3n) is 3.22. The summed E-state index contributed by atoms with van der Waals surface area (Å²) in [6, 6.07) is 18.9. The molecular weight excluding hydrogens is 232 g/mol. The van der Waals surface area contributed by atoms with Gasteiger partial charge < -0.3 is 5.32 Å². The van der Waals surface area contributed by atoms with E-state index in [9.17, 15) is 0 Å². The molecular formula is C17H16N2. The van der Waals surface area contributed by atoms with Gasteiger partial charge >= 0.3 is 0 Å². The first-order chi connectivity index (χ1) is 9.38. The van der Waals surface area contributed by atoms with Gasteiger partial charge in [-0.05, 0) is 36.2 Å². The molecule has 2 nitrogen and oxygen atoms in total. The lowest BCUT2D eigenvalue weighted by Crippen LogP contribution is -1.97. The number of rotatable bonds is 3. The van der Waals surface area contributed by atoms with Gasteiger partial charge in [0.2, 0.25) is 0 Å². The molecule has 0 bridgehead atoms. The van der Waals surface area contributed by atoms with Crippen LogP contribution in [0.5, 0.6) is 0 Å². The van der Waals surface area contributed by atoms with Gasteiger partial charge in [0.25, 0.3) is 0 Å². The highest BCUT2D eigenvalue weighted by Gasteiger charge is 2.03. The van der Waals surface area contributed by atoms with Crippen LogP contribution in [0.1, 0.15) is 6.92 Å². The highest BCUT2D eigenvalue weighted by Crippen LogP contribution is 2.27. The van der Waals surface area contributed by atoms with Gasteiger partial charge in [0, 0.05) is 23.8 Å². The third-order valence-corrected chi connectivity index (χ3v) is 3.22. The van der Waals surface area contributed by atoms with Crippen molar-refractivity contribution in [3.8, 4) is 11.1 Å². The second-order valence-corrected chi connectivity index (χ2v) is 4.49. The fourth-order valence-corrected chi connectivity index (χ4v) is 2.30. The number of nitrogens with one attached hydrogen (secondary N) is 1. The first kappa shape index (κ1) is 11.7. The molecule has 0 saturated heterocycles. The van der Waals surface area contributed by atoms with Crippen LogP contribution in [0, 0.1) is 0 Å². The van der Waals surface area contributed by atoms with E-state index in [0.29, 0.717) is 0 Å². The van der Waals surface area contributed by atoms with E-state index in [1.807, 2.05) is 18.3 Å². The summed E-state index contributed by atoms with van der Waals surface area (Å²) in [6.45, 7) is 3.02. The van der Waals surface area contributed by atoms with E-state index in [4.69, 9.17) is 0 Å². The van der Waals surface area contributed by atoms with Crippen LogP contribution < -0.4 is 5.32 Å². The van der Waals surface area contributed by atoms with Crippen LogP contribution in [0.15, 0.2) is 60.8 Å². The van der Waals surface area contributed by atoms with Gasteiger partial charge in [0.15, 0.2) is 0 Å². The minimum atomic E-state index is 0.911. The quantitative estimate of drug-likeness (QED) is 0.746. The van der Waals surface area contributed by atoms with E-state index in [-0.39, 0.29) is 0 Å². The van der Waals surface area contributed by atoms with E-state index in [1.165, 1.54) is 16.5 Å². The highest BCUT2D eigenvalue weighted by molar-refractivity contribution is 5.94. The summed E-state index contributed by atoms with van der Waals surface area (Å²) in [5.74, 6) is 0. The maximum Gasteiger partial charge on any atom is 0.0723 e. The molecule has 0 aliphatic rings. The first-order valence-electron chi connectivity index (χ1n) is 6.56. The van der Waals surface area contributed by atoms with Crippen LogP contribution in [0.3, 0.4) is 0 Å². The fourth-order valence-electron chi connectivity index (χ4n) is 2.30. The Morgan fingerprint density at radius 1 is 0.947 bits per heavy atom. The van der Waals surface area contributed by atoms with E-state index >= 15 is 0 Å². The van der Waals surface area contributed by atoms with Gasteiger partial charge in [0.1, 0.15) is 0 Å². The highest BCUT2D eigenvalue weighted by atomic mass is 14.9. The molecule has 0 saturated carbocycles. The number of hydrogen-bond donors (Lipinski definition) is 1. The van der Waals surface area contributed by atoms with Crippen LogP contribution in [-0.2, 0) is 0 Å². The van der Waals surface area contributed by atoms with Gasteiger partial charge in [-0.3, -0.25) is 4.98 Å². The molecule has 1 aromatic heterocycles. The second kappa shape index (κ2) is 5.11. The Morgan fingerprint density at radius 2 is 1.79 bits per heavy atom.